The molecule has 0 bridgehead atoms. The normalized spacial score (nSPS) is 12.6. The Bertz CT molecular complexity index is 559. The Morgan fingerprint density at radius 2 is 2.21 bits per heavy atom. The fourth-order valence-corrected chi connectivity index (χ4v) is 2.65. The molecule has 2 rings (SSSR count). The molecule has 0 aliphatic heterocycles. The summed E-state index contributed by atoms with van der Waals surface area (Å²) in [7, 11) is 0. The van der Waals surface area contributed by atoms with Crippen LogP contribution in [0.1, 0.15) is 31.3 Å². The predicted octanol–water partition coefficient (Wildman–Crippen LogP) is 4.06. The van der Waals surface area contributed by atoms with Crippen LogP contribution in [-0.2, 0) is 0 Å². The van der Waals surface area contributed by atoms with Crippen molar-refractivity contribution in [3.8, 4) is 10.6 Å². The van der Waals surface area contributed by atoms with Crippen molar-refractivity contribution in [2.45, 2.75) is 26.3 Å². The van der Waals surface area contributed by atoms with E-state index in [-0.39, 0.29) is 11.1 Å². The van der Waals surface area contributed by atoms with Crippen molar-refractivity contribution < 1.29 is 4.39 Å². The molecule has 0 fully saturated rings. The molecule has 0 aliphatic rings. The topological polar surface area (TPSA) is 37.8 Å². The van der Waals surface area contributed by atoms with Gasteiger partial charge in [0.05, 0.1) is 11.1 Å². The summed E-state index contributed by atoms with van der Waals surface area (Å²) in [6, 6.07) is 4.75. The first kappa shape index (κ1) is 14.4. The van der Waals surface area contributed by atoms with Gasteiger partial charge in [0.15, 0.2) is 0 Å². The predicted molar refractivity (Wildman–Crippen MR) is 77.0 cm³/mol. The molecule has 6 heteroatoms. The third-order valence-electron chi connectivity index (χ3n) is 2.68. The van der Waals surface area contributed by atoms with Crippen LogP contribution in [0.5, 0.6) is 0 Å². The molecule has 0 amide bonds. The average Bonchev–Trinajstić information content (AvgIpc) is 2.89. The van der Waals surface area contributed by atoms with E-state index in [1.807, 2.05) is 0 Å². The highest BCUT2D eigenvalue weighted by molar-refractivity contribution is 7.14. The molecule has 0 radical (unpaired) electrons. The van der Waals surface area contributed by atoms with Gasteiger partial charge in [0.25, 0.3) is 0 Å². The monoisotopic (exact) mass is 299 g/mol. The van der Waals surface area contributed by atoms with E-state index in [0.29, 0.717) is 0 Å². The van der Waals surface area contributed by atoms with Gasteiger partial charge >= 0.3 is 0 Å². The largest absolute Gasteiger partial charge is 0.308 e. The van der Waals surface area contributed by atoms with Gasteiger partial charge in [0.1, 0.15) is 15.8 Å². The molecule has 1 unspecified atom stereocenters. The number of hydrogen-bond acceptors (Lipinski definition) is 4. The second-order valence-electron chi connectivity index (χ2n) is 4.25. The van der Waals surface area contributed by atoms with Crippen LogP contribution >= 0.6 is 22.9 Å². The molecule has 0 saturated heterocycles. The Balaban J connectivity index is 2.18. The first-order valence-corrected chi connectivity index (χ1v) is 7.33. The summed E-state index contributed by atoms with van der Waals surface area (Å²) in [5, 5.41) is 13.4. The van der Waals surface area contributed by atoms with Crippen LogP contribution in [0.15, 0.2) is 18.2 Å². The summed E-state index contributed by atoms with van der Waals surface area (Å²) in [6.07, 6.45) is 1.07. The summed E-state index contributed by atoms with van der Waals surface area (Å²) >= 11 is 7.26. The van der Waals surface area contributed by atoms with Gasteiger partial charge in [-0.3, -0.25) is 0 Å². The Labute approximate surface area is 120 Å². The van der Waals surface area contributed by atoms with Crippen molar-refractivity contribution >= 4 is 22.9 Å². The molecule has 1 aromatic carbocycles. The number of benzene rings is 1. The van der Waals surface area contributed by atoms with Gasteiger partial charge in [-0.25, -0.2) is 4.39 Å². The molecule has 1 heterocycles. The third kappa shape index (κ3) is 3.49. The molecule has 2 aromatic rings. The average molecular weight is 300 g/mol. The SMILES string of the molecule is CCCNC(C)c1nnc(-c2ccc(F)c(Cl)c2)s1. The zero-order chi connectivity index (χ0) is 13.8. The molecule has 3 nitrogen and oxygen atoms in total. The van der Waals surface area contributed by atoms with Gasteiger partial charge in [-0.15, -0.1) is 10.2 Å². The van der Waals surface area contributed by atoms with E-state index in [2.05, 4.69) is 29.4 Å². The fourth-order valence-electron chi connectivity index (χ4n) is 1.60. The van der Waals surface area contributed by atoms with Crippen molar-refractivity contribution in [1.82, 2.24) is 15.5 Å². The second kappa shape index (κ2) is 6.41. The fraction of sp³-hybridized carbons (Fsp3) is 0.385. The Kier molecular flexibility index (Phi) is 4.85. The number of halogens is 2. The van der Waals surface area contributed by atoms with Gasteiger partial charge in [0, 0.05) is 5.56 Å². The van der Waals surface area contributed by atoms with Gasteiger partial charge in [-0.05, 0) is 38.1 Å². The van der Waals surface area contributed by atoms with Crippen LogP contribution in [0.2, 0.25) is 5.02 Å². The standard InChI is InChI=1S/C13H15ClFN3S/c1-3-6-16-8(2)12-17-18-13(19-12)9-4-5-11(15)10(14)7-9/h4-5,7-8,16H,3,6H2,1-2H3. The van der Waals surface area contributed by atoms with E-state index in [1.54, 1.807) is 12.1 Å². The quantitative estimate of drug-likeness (QED) is 0.905. The number of nitrogens with one attached hydrogen (secondary N) is 1. The molecule has 0 saturated carbocycles. The number of aromatic nitrogens is 2. The van der Waals surface area contributed by atoms with Gasteiger partial charge in [0.2, 0.25) is 0 Å². The Morgan fingerprint density at radius 1 is 1.42 bits per heavy atom. The Morgan fingerprint density at radius 3 is 2.89 bits per heavy atom. The molecule has 1 atom stereocenters. The highest BCUT2D eigenvalue weighted by Crippen LogP contribution is 2.29. The zero-order valence-electron chi connectivity index (χ0n) is 10.8. The van der Waals surface area contributed by atoms with E-state index in [4.69, 9.17) is 11.6 Å². The van der Waals surface area contributed by atoms with Gasteiger partial charge in [-0.2, -0.15) is 0 Å². The Hall–Kier alpha value is -1.04. The van der Waals surface area contributed by atoms with Crippen molar-refractivity contribution in [3.05, 3.63) is 34.0 Å². The molecule has 1 N–H and O–H groups in total. The second-order valence-corrected chi connectivity index (χ2v) is 5.67. The first-order chi connectivity index (χ1) is 9.11. The lowest BCUT2D eigenvalue weighted by atomic mass is 10.2. The summed E-state index contributed by atoms with van der Waals surface area (Å²) in [5.41, 5.74) is 0.790. The van der Waals surface area contributed by atoms with E-state index in [9.17, 15) is 4.39 Å². The molecular formula is C13H15ClFN3S. The van der Waals surface area contributed by atoms with Gasteiger partial charge < -0.3 is 5.32 Å². The van der Waals surface area contributed by atoms with Crippen molar-refractivity contribution in [3.63, 3.8) is 0 Å². The molecule has 0 aliphatic carbocycles. The summed E-state index contributed by atoms with van der Waals surface area (Å²) in [4.78, 5) is 0. The lowest BCUT2D eigenvalue weighted by molar-refractivity contribution is 0.564. The first-order valence-electron chi connectivity index (χ1n) is 6.14. The lowest BCUT2D eigenvalue weighted by Crippen LogP contribution is -2.18. The lowest BCUT2D eigenvalue weighted by Gasteiger charge is -2.08. The summed E-state index contributed by atoms with van der Waals surface area (Å²) < 4.78 is 13.1. The minimum Gasteiger partial charge on any atom is -0.308 e. The van der Waals surface area contributed by atoms with E-state index in [0.717, 1.165) is 28.5 Å². The van der Waals surface area contributed by atoms with Gasteiger partial charge in [-0.1, -0.05) is 29.9 Å². The molecular weight excluding hydrogens is 285 g/mol. The van der Waals surface area contributed by atoms with E-state index >= 15 is 0 Å². The molecule has 19 heavy (non-hydrogen) atoms. The maximum atomic E-state index is 13.1. The van der Waals surface area contributed by atoms with E-state index < -0.39 is 5.82 Å². The van der Waals surface area contributed by atoms with Crippen LogP contribution in [0.25, 0.3) is 10.6 Å². The molecule has 102 valence electrons. The maximum absolute atomic E-state index is 13.1. The number of hydrogen-bond donors (Lipinski definition) is 1. The molecule has 1 aromatic heterocycles. The van der Waals surface area contributed by atoms with E-state index in [1.165, 1.54) is 17.4 Å². The van der Waals surface area contributed by atoms with Crippen molar-refractivity contribution in [1.29, 1.82) is 0 Å². The summed E-state index contributed by atoms with van der Waals surface area (Å²) in [5.74, 6) is -0.423. The van der Waals surface area contributed by atoms with Crippen LogP contribution in [0, 0.1) is 5.82 Å². The zero-order valence-corrected chi connectivity index (χ0v) is 12.4. The van der Waals surface area contributed by atoms with Crippen LogP contribution < -0.4 is 5.32 Å². The van der Waals surface area contributed by atoms with Crippen LogP contribution in [0.3, 0.4) is 0 Å². The smallest absolute Gasteiger partial charge is 0.147 e. The minimum absolute atomic E-state index is 0.103. The maximum Gasteiger partial charge on any atom is 0.147 e. The highest BCUT2D eigenvalue weighted by Gasteiger charge is 2.13. The highest BCUT2D eigenvalue weighted by atomic mass is 35.5. The van der Waals surface area contributed by atoms with Crippen molar-refractivity contribution in [2.24, 2.45) is 0 Å². The van der Waals surface area contributed by atoms with Crippen molar-refractivity contribution in [2.75, 3.05) is 6.54 Å². The summed E-state index contributed by atoms with van der Waals surface area (Å²) in [6.45, 7) is 5.11. The van der Waals surface area contributed by atoms with Crippen LogP contribution in [-0.4, -0.2) is 16.7 Å². The van der Waals surface area contributed by atoms with Crippen LogP contribution in [0.4, 0.5) is 4.39 Å². The number of rotatable bonds is 5. The molecule has 0 spiro atoms. The number of nitrogens with zero attached hydrogens (tertiary/aromatic N) is 2. The third-order valence-corrected chi connectivity index (χ3v) is 4.12. The minimum atomic E-state index is -0.423.